The van der Waals surface area contributed by atoms with Crippen LogP contribution in [0, 0.1) is 17.1 Å². The number of pyridine rings is 1. The monoisotopic (exact) mass is 246 g/mol. The van der Waals surface area contributed by atoms with Gasteiger partial charge in [-0.05, 0) is 18.2 Å². The highest BCUT2D eigenvalue weighted by Crippen LogP contribution is 2.28. The highest BCUT2D eigenvalue weighted by Gasteiger charge is 2.09. The first kappa shape index (κ1) is 11.6. The fraction of sp³-hybridized carbons (Fsp3) is 0.0769. The van der Waals surface area contributed by atoms with Crippen molar-refractivity contribution in [1.29, 1.82) is 5.26 Å². The summed E-state index contributed by atoms with van der Waals surface area (Å²) in [6, 6.07) is 11.7. The summed E-state index contributed by atoms with van der Waals surface area (Å²) < 4.78 is 13.6. The van der Waals surface area contributed by atoms with Crippen molar-refractivity contribution in [3.8, 4) is 17.2 Å². The van der Waals surface area contributed by atoms with Crippen LogP contribution in [-0.2, 0) is 6.42 Å². The lowest BCUT2D eigenvalue weighted by atomic mass is 10.1. The van der Waals surface area contributed by atoms with Gasteiger partial charge in [-0.2, -0.15) is 5.26 Å². The van der Waals surface area contributed by atoms with Crippen LogP contribution in [0.1, 0.15) is 5.69 Å². The Bertz CT molecular complexity index is 590. The average Bonchev–Trinajstić information content (AvgIpc) is 2.31. The molecular formula is C13H8ClFN2. The minimum absolute atomic E-state index is 0.192. The number of nitrogens with zero attached hydrogens (tertiary/aromatic N) is 2. The highest BCUT2D eigenvalue weighted by molar-refractivity contribution is 6.32. The molecule has 0 N–H and O–H groups in total. The zero-order valence-electron chi connectivity index (χ0n) is 8.82. The lowest BCUT2D eigenvalue weighted by Crippen LogP contribution is -1.92. The SMILES string of the molecule is N#CCc1ccc(-c2ccccc2F)c(Cl)n1. The summed E-state index contributed by atoms with van der Waals surface area (Å²) in [6.07, 6.45) is 0.192. The van der Waals surface area contributed by atoms with Gasteiger partial charge >= 0.3 is 0 Å². The van der Waals surface area contributed by atoms with E-state index in [2.05, 4.69) is 4.98 Å². The van der Waals surface area contributed by atoms with E-state index in [0.717, 1.165) is 0 Å². The molecule has 1 aromatic heterocycles. The predicted molar refractivity (Wildman–Crippen MR) is 64.0 cm³/mol. The molecule has 0 unspecified atom stereocenters. The molecule has 2 aromatic rings. The second-order valence-electron chi connectivity index (χ2n) is 3.46. The normalized spacial score (nSPS) is 9.94. The van der Waals surface area contributed by atoms with E-state index in [1.54, 1.807) is 30.3 Å². The molecule has 1 aromatic carbocycles. The molecule has 0 saturated carbocycles. The smallest absolute Gasteiger partial charge is 0.137 e. The van der Waals surface area contributed by atoms with Crippen LogP contribution >= 0.6 is 11.6 Å². The van der Waals surface area contributed by atoms with Gasteiger partial charge in [-0.1, -0.05) is 29.8 Å². The van der Waals surface area contributed by atoms with E-state index in [4.69, 9.17) is 16.9 Å². The molecule has 2 rings (SSSR count). The standard InChI is InChI=1S/C13H8ClFN2/c14-13-11(6-5-9(17-13)7-8-16)10-3-1-2-4-12(10)15/h1-6H,7H2. The third-order valence-corrected chi connectivity index (χ3v) is 2.62. The van der Waals surface area contributed by atoms with Gasteiger partial charge < -0.3 is 0 Å². The van der Waals surface area contributed by atoms with Crippen molar-refractivity contribution >= 4 is 11.6 Å². The van der Waals surface area contributed by atoms with Gasteiger partial charge in [-0.3, -0.25) is 0 Å². The molecule has 0 aliphatic heterocycles. The number of benzene rings is 1. The third-order valence-electron chi connectivity index (χ3n) is 2.33. The zero-order chi connectivity index (χ0) is 12.3. The van der Waals surface area contributed by atoms with Gasteiger partial charge in [-0.25, -0.2) is 9.37 Å². The molecule has 0 aliphatic carbocycles. The van der Waals surface area contributed by atoms with E-state index >= 15 is 0 Å². The minimum Gasteiger partial charge on any atom is -0.239 e. The van der Waals surface area contributed by atoms with Crippen LogP contribution in [0.25, 0.3) is 11.1 Å². The van der Waals surface area contributed by atoms with Crippen molar-refractivity contribution in [1.82, 2.24) is 4.98 Å². The Morgan fingerprint density at radius 3 is 2.59 bits per heavy atom. The Morgan fingerprint density at radius 1 is 1.18 bits per heavy atom. The summed E-state index contributed by atoms with van der Waals surface area (Å²) in [7, 11) is 0. The van der Waals surface area contributed by atoms with Crippen molar-refractivity contribution in [2.45, 2.75) is 6.42 Å². The van der Waals surface area contributed by atoms with Crippen molar-refractivity contribution < 1.29 is 4.39 Å². The van der Waals surface area contributed by atoms with Crippen LogP contribution in [0.4, 0.5) is 4.39 Å². The van der Waals surface area contributed by atoms with Gasteiger partial charge in [0.05, 0.1) is 18.2 Å². The molecule has 84 valence electrons. The van der Waals surface area contributed by atoms with Crippen molar-refractivity contribution in [2.24, 2.45) is 0 Å². The number of aromatic nitrogens is 1. The molecule has 0 spiro atoms. The molecule has 4 heteroatoms. The number of hydrogen-bond acceptors (Lipinski definition) is 2. The largest absolute Gasteiger partial charge is 0.239 e. The number of halogens is 2. The summed E-state index contributed by atoms with van der Waals surface area (Å²) in [5, 5.41) is 8.76. The van der Waals surface area contributed by atoms with E-state index in [9.17, 15) is 4.39 Å². The topological polar surface area (TPSA) is 36.7 Å². The molecule has 17 heavy (non-hydrogen) atoms. The summed E-state index contributed by atoms with van der Waals surface area (Å²) >= 11 is 5.98. The Morgan fingerprint density at radius 2 is 1.94 bits per heavy atom. The van der Waals surface area contributed by atoms with Crippen molar-refractivity contribution in [2.75, 3.05) is 0 Å². The Labute approximate surface area is 103 Å². The second-order valence-corrected chi connectivity index (χ2v) is 3.81. The molecular weight excluding hydrogens is 239 g/mol. The molecule has 0 saturated heterocycles. The zero-order valence-corrected chi connectivity index (χ0v) is 9.58. The van der Waals surface area contributed by atoms with E-state index < -0.39 is 0 Å². The van der Waals surface area contributed by atoms with Crippen LogP contribution in [0.2, 0.25) is 5.15 Å². The van der Waals surface area contributed by atoms with Gasteiger partial charge in [-0.15, -0.1) is 0 Å². The van der Waals surface area contributed by atoms with E-state index in [0.29, 0.717) is 16.8 Å². The van der Waals surface area contributed by atoms with Crippen molar-refractivity contribution in [3.05, 3.63) is 53.1 Å². The first-order valence-electron chi connectivity index (χ1n) is 4.99. The maximum absolute atomic E-state index is 13.6. The molecule has 1 heterocycles. The van der Waals surface area contributed by atoms with Crippen LogP contribution in [0.3, 0.4) is 0 Å². The maximum Gasteiger partial charge on any atom is 0.137 e. The first-order valence-corrected chi connectivity index (χ1v) is 5.37. The van der Waals surface area contributed by atoms with Crippen LogP contribution in [-0.4, -0.2) is 4.98 Å². The first-order chi connectivity index (χ1) is 8.22. The number of nitriles is 1. The van der Waals surface area contributed by atoms with E-state index in [1.807, 2.05) is 6.07 Å². The van der Waals surface area contributed by atoms with Gasteiger partial charge in [0.1, 0.15) is 11.0 Å². The molecule has 0 fully saturated rings. The Hall–Kier alpha value is -1.92. The molecule has 0 atom stereocenters. The second kappa shape index (κ2) is 4.94. The van der Waals surface area contributed by atoms with Crippen LogP contribution in [0.5, 0.6) is 0 Å². The highest BCUT2D eigenvalue weighted by atomic mass is 35.5. The molecule has 0 aliphatic rings. The van der Waals surface area contributed by atoms with Gasteiger partial charge in [0, 0.05) is 11.1 Å². The minimum atomic E-state index is -0.343. The summed E-state index contributed by atoms with van der Waals surface area (Å²) in [6.45, 7) is 0. The van der Waals surface area contributed by atoms with Crippen LogP contribution < -0.4 is 0 Å². The molecule has 2 nitrogen and oxygen atoms in total. The summed E-state index contributed by atoms with van der Waals surface area (Å²) in [5.74, 6) is -0.343. The fourth-order valence-electron chi connectivity index (χ4n) is 1.53. The molecule has 0 radical (unpaired) electrons. The Balaban J connectivity index is 2.48. The maximum atomic E-state index is 13.6. The lowest BCUT2D eigenvalue weighted by molar-refractivity contribution is 0.631. The summed E-state index contributed by atoms with van der Waals surface area (Å²) in [4.78, 5) is 4.06. The molecule has 0 bridgehead atoms. The fourth-order valence-corrected chi connectivity index (χ4v) is 1.81. The van der Waals surface area contributed by atoms with Gasteiger partial charge in [0.25, 0.3) is 0 Å². The van der Waals surface area contributed by atoms with Gasteiger partial charge in [0.2, 0.25) is 0 Å². The average molecular weight is 247 g/mol. The van der Waals surface area contributed by atoms with E-state index in [1.165, 1.54) is 6.07 Å². The lowest BCUT2D eigenvalue weighted by Gasteiger charge is -2.06. The van der Waals surface area contributed by atoms with E-state index in [-0.39, 0.29) is 17.4 Å². The predicted octanol–water partition coefficient (Wildman–Crippen LogP) is 3.61. The molecule has 0 amide bonds. The Kier molecular flexibility index (Phi) is 3.36. The van der Waals surface area contributed by atoms with Crippen LogP contribution in [0.15, 0.2) is 36.4 Å². The third kappa shape index (κ3) is 2.43. The van der Waals surface area contributed by atoms with Crippen molar-refractivity contribution in [3.63, 3.8) is 0 Å². The summed E-state index contributed by atoms with van der Waals surface area (Å²) in [5.41, 5.74) is 1.53. The quantitative estimate of drug-likeness (QED) is 0.759. The number of rotatable bonds is 2. The van der Waals surface area contributed by atoms with Gasteiger partial charge in [0.15, 0.2) is 0 Å². The number of hydrogen-bond donors (Lipinski definition) is 0.